The van der Waals surface area contributed by atoms with Gasteiger partial charge in [-0.1, -0.05) is 0 Å². The third kappa shape index (κ3) is 1.02. The maximum atomic E-state index is 11.1. The molecule has 0 bridgehead atoms. The van der Waals surface area contributed by atoms with Crippen LogP contribution in [0.2, 0.25) is 0 Å². The Morgan fingerprint density at radius 2 is 2.00 bits per heavy atom. The van der Waals surface area contributed by atoms with Gasteiger partial charge in [-0.15, -0.1) is 0 Å². The van der Waals surface area contributed by atoms with E-state index < -0.39 is 0 Å². The van der Waals surface area contributed by atoms with Crippen molar-refractivity contribution in [3.8, 4) is 0 Å². The molecule has 14 heavy (non-hydrogen) atoms. The topological polar surface area (TPSA) is 34.4 Å². The second kappa shape index (κ2) is 2.74. The Balaban J connectivity index is 1.95. The molecule has 0 atom stereocenters. The van der Waals surface area contributed by atoms with Crippen LogP contribution < -0.4 is 10.2 Å². The van der Waals surface area contributed by atoms with Crippen LogP contribution in [0, 0.1) is 0 Å². The zero-order chi connectivity index (χ0) is 9.54. The van der Waals surface area contributed by atoms with Crippen molar-refractivity contribution in [2.75, 3.05) is 18.0 Å². The second-order valence-corrected chi connectivity index (χ2v) is 3.81. The van der Waals surface area contributed by atoms with E-state index in [1.165, 1.54) is 18.5 Å². The van der Waals surface area contributed by atoms with Crippen molar-refractivity contribution in [2.45, 2.75) is 12.8 Å². The van der Waals surface area contributed by atoms with E-state index in [-0.39, 0.29) is 5.91 Å². The van der Waals surface area contributed by atoms with Crippen LogP contribution in [0.3, 0.4) is 0 Å². The first-order valence-corrected chi connectivity index (χ1v) is 5.00. The lowest BCUT2D eigenvalue weighted by molar-refractivity contribution is 0.0944. The molecule has 1 aromatic carbocycles. The van der Waals surface area contributed by atoms with Gasteiger partial charge in [-0.25, -0.2) is 5.32 Å². The van der Waals surface area contributed by atoms with Crippen molar-refractivity contribution in [1.82, 2.24) is 5.32 Å². The number of anilines is 1. The highest BCUT2D eigenvalue weighted by molar-refractivity contribution is 6.10. The molecular weight excluding hydrogens is 176 g/mol. The summed E-state index contributed by atoms with van der Waals surface area (Å²) in [4.78, 5) is 13.4. The van der Waals surface area contributed by atoms with E-state index >= 15 is 0 Å². The second-order valence-electron chi connectivity index (χ2n) is 3.81. The van der Waals surface area contributed by atoms with E-state index in [0.29, 0.717) is 0 Å². The number of carbonyl (C=O) groups excluding carboxylic acids is 1. The monoisotopic (exact) mass is 187 g/mol. The zero-order valence-corrected chi connectivity index (χ0v) is 7.86. The predicted octanol–water partition coefficient (Wildman–Crippen LogP) is 1.68. The quantitative estimate of drug-likeness (QED) is 0.670. The van der Waals surface area contributed by atoms with Gasteiger partial charge in [0.15, 0.2) is 0 Å². The number of nitrogens with zero attached hydrogens (tertiary/aromatic N) is 2. The Morgan fingerprint density at radius 3 is 2.71 bits per heavy atom. The first kappa shape index (κ1) is 7.85. The average Bonchev–Trinajstić information content (AvgIpc) is 2.69. The fourth-order valence-corrected chi connectivity index (χ4v) is 2.08. The number of hydrogen-bond donors (Lipinski definition) is 0. The summed E-state index contributed by atoms with van der Waals surface area (Å²) in [5.41, 5.74) is 2.80. The van der Waals surface area contributed by atoms with Crippen LogP contribution in [-0.4, -0.2) is 19.0 Å². The molecule has 2 aliphatic rings. The number of amides is 1. The molecule has 0 aromatic heterocycles. The molecule has 1 aromatic rings. The molecule has 2 heterocycles. The Labute approximate surface area is 82.7 Å². The van der Waals surface area contributed by atoms with E-state index in [2.05, 4.69) is 16.3 Å². The maximum absolute atomic E-state index is 11.1. The smallest absolute Gasteiger partial charge is 0.279 e. The van der Waals surface area contributed by atoms with E-state index in [4.69, 9.17) is 0 Å². The summed E-state index contributed by atoms with van der Waals surface area (Å²) in [6.07, 6.45) is 2.52. The maximum Gasteiger partial charge on any atom is 0.279 e. The molecule has 0 saturated carbocycles. The molecule has 0 aliphatic carbocycles. The van der Waals surface area contributed by atoms with Gasteiger partial charge < -0.3 is 4.90 Å². The van der Waals surface area contributed by atoms with Gasteiger partial charge in [0, 0.05) is 18.8 Å². The molecule has 0 N–H and O–H groups in total. The predicted molar refractivity (Wildman–Crippen MR) is 54.0 cm³/mol. The summed E-state index contributed by atoms with van der Waals surface area (Å²) in [7, 11) is 0. The molecule has 1 fully saturated rings. The Bertz CT molecular complexity index is 394. The van der Waals surface area contributed by atoms with Crippen LogP contribution in [0.1, 0.15) is 23.2 Å². The molecule has 1 amide bonds. The normalized spacial score (nSPS) is 18.9. The van der Waals surface area contributed by atoms with E-state index in [1.54, 1.807) is 0 Å². The molecule has 1 radical (unpaired) electrons. The van der Waals surface area contributed by atoms with Crippen LogP contribution in [-0.2, 0) is 0 Å². The molecule has 71 valence electrons. The number of rotatable bonds is 1. The van der Waals surface area contributed by atoms with Crippen LogP contribution >= 0.6 is 0 Å². The fourth-order valence-electron chi connectivity index (χ4n) is 2.08. The lowest BCUT2D eigenvalue weighted by Gasteiger charge is -2.22. The molecule has 3 rings (SSSR count). The van der Waals surface area contributed by atoms with Crippen molar-refractivity contribution in [2.24, 2.45) is 0 Å². The first-order chi connectivity index (χ1) is 6.84. The molecule has 0 spiro atoms. The van der Waals surface area contributed by atoms with Gasteiger partial charge in [-0.05, 0) is 31.0 Å². The molecule has 1 saturated heterocycles. The minimum absolute atomic E-state index is 0.0685. The molecule has 0 unspecified atom stereocenters. The summed E-state index contributed by atoms with van der Waals surface area (Å²) in [6, 6.07) is 5.96. The van der Waals surface area contributed by atoms with Crippen molar-refractivity contribution in [3.05, 3.63) is 23.8 Å². The number of benzene rings is 1. The average molecular weight is 187 g/mol. The summed E-state index contributed by atoms with van der Waals surface area (Å²) < 4.78 is 0. The van der Waals surface area contributed by atoms with E-state index in [9.17, 15) is 4.79 Å². The Morgan fingerprint density at radius 1 is 1.21 bits per heavy atom. The van der Waals surface area contributed by atoms with Gasteiger partial charge in [0.25, 0.3) is 5.91 Å². The van der Waals surface area contributed by atoms with Gasteiger partial charge in [-0.2, -0.15) is 0 Å². The summed E-state index contributed by atoms with van der Waals surface area (Å²) in [5.74, 6) is -0.0685. The zero-order valence-electron chi connectivity index (χ0n) is 7.86. The third-order valence-corrected chi connectivity index (χ3v) is 2.90. The lowest BCUT2D eigenvalue weighted by Crippen LogP contribution is -2.25. The van der Waals surface area contributed by atoms with Crippen molar-refractivity contribution < 1.29 is 4.79 Å². The van der Waals surface area contributed by atoms with Gasteiger partial charge in [0.05, 0.1) is 11.3 Å². The first-order valence-electron chi connectivity index (χ1n) is 5.00. The number of hydrogen-bond acceptors (Lipinski definition) is 2. The molecular formula is C11H11N2O. The Hall–Kier alpha value is -1.51. The van der Waals surface area contributed by atoms with Gasteiger partial charge in [-0.3, -0.25) is 4.79 Å². The lowest BCUT2D eigenvalue weighted by atomic mass is 10.0. The van der Waals surface area contributed by atoms with Crippen LogP contribution in [0.4, 0.5) is 11.4 Å². The van der Waals surface area contributed by atoms with E-state index in [0.717, 1.165) is 24.3 Å². The molecule has 2 aliphatic heterocycles. The van der Waals surface area contributed by atoms with Crippen molar-refractivity contribution in [3.63, 3.8) is 0 Å². The van der Waals surface area contributed by atoms with Gasteiger partial charge in [0.1, 0.15) is 0 Å². The fraction of sp³-hybridized carbons (Fsp3) is 0.364. The van der Waals surface area contributed by atoms with Crippen LogP contribution in [0.25, 0.3) is 0 Å². The number of carbonyl (C=O) groups is 1. The van der Waals surface area contributed by atoms with Crippen LogP contribution in [0.15, 0.2) is 18.2 Å². The largest absolute Gasteiger partial charge is 0.372 e. The van der Waals surface area contributed by atoms with Crippen LogP contribution in [0.5, 0.6) is 0 Å². The minimum Gasteiger partial charge on any atom is -0.372 e. The molecule has 3 heteroatoms. The van der Waals surface area contributed by atoms with Gasteiger partial charge >= 0.3 is 0 Å². The van der Waals surface area contributed by atoms with Gasteiger partial charge in [0.2, 0.25) is 0 Å². The summed E-state index contributed by atoms with van der Waals surface area (Å²) in [5, 5.41) is 3.80. The summed E-state index contributed by atoms with van der Waals surface area (Å²) >= 11 is 0. The third-order valence-electron chi connectivity index (χ3n) is 2.90. The molecule has 3 nitrogen and oxygen atoms in total. The SMILES string of the molecule is O=C1[N]c2ccc(N3CCCC3)cc21. The van der Waals surface area contributed by atoms with Crippen molar-refractivity contribution >= 4 is 17.3 Å². The van der Waals surface area contributed by atoms with E-state index in [1.807, 2.05) is 12.1 Å². The summed E-state index contributed by atoms with van der Waals surface area (Å²) in [6.45, 7) is 2.23. The standard InChI is InChI=1S/C11H11N2O/c14-11-9-7-8(3-4-10(9)12-11)13-5-1-2-6-13/h3-4,7H,1-2,5-6H2. The Kier molecular flexibility index (Phi) is 1.54. The highest BCUT2D eigenvalue weighted by atomic mass is 16.2. The van der Waals surface area contributed by atoms with Crippen molar-refractivity contribution in [1.29, 1.82) is 0 Å². The number of fused-ring (bicyclic) bond motifs is 1. The minimum atomic E-state index is -0.0685. The highest BCUT2D eigenvalue weighted by Gasteiger charge is 2.26. The highest BCUT2D eigenvalue weighted by Crippen LogP contribution is 2.31.